The van der Waals surface area contributed by atoms with Gasteiger partial charge in [-0.2, -0.15) is 0 Å². The average molecular weight is 174 g/mol. The van der Waals surface area contributed by atoms with Gasteiger partial charge in [-0.15, -0.1) is 16.5 Å². The first-order valence-electron chi connectivity index (χ1n) is 2.19. The smallest absolute Gasteiger partial charge is 0.363 e. The molecule has 0 heterocycles. The summed E-state index contributed by atoms with van der Waals surface area (Å²) in [7, 11) is -2.76. The lowest BCUT2D eigenvalue weighted by atomic mass is 10.5. The van der Waals surface area contributed by atoms with Crippen LogP contribution in [0.5, 0.6) is 0 Å². The topological polar surface area (TPSA) is 66.8 Å². The zero-order chi connectivity index (χ0) is 7.44. The molecule has 0 bridgehead atoms. The quantitative estimate of drug-likeness (QED) is 0.373. The first kappa shape index (κ1) is 9.27. The second kappa shape index (κ2) is 4.14. The molecular weight excluding hydrogens is 166 g/mol. The van der Waals surface area contributed by atoms with Crippen molar-refractivity contribution in [3.63, 3.8) is 0 Å². The summed E-state index contributed by atoms with van der Waals surface area (Å²) in [6.07, 6.45) is -1.37. The molecule has 0 saturated carbocycles. The average Bonchev–Trinajstić information content (AvgIpc) is 1.63. The Bertz CT molecular complexity index is 106. The van der Waals surface area contributed by atoms with Crippen molar-refractivity contribution in [3.8, 4) is 0 Å². The fraction of sp³-hybridized carbons (Fsp3) is 1.00. The van der Waals surface area contributed by atoms with Crippen molar-refractivity contribution < 1.29 is 19.1 Å². The molecule has 9 heavy (non-hydrogen) atoms. The molecule has 4 nitrogen and oxygen atoms in total. The van der Waals surface area contributed by atoms with Crippen LogP contribution in [0.2, 0.25) is 0 Å². The van der Waals surface area contributed by atoms with E-state index in [9.17, 15) is 4.57 Å². The highest BCUT2D eigenvalue weighted by molar-refractivity contribution is 7.32. The van der Waals surface area contributed by atoms with Gasteiger partial charge in [0.15, 0.2) is 0 Å². The summed E-state index contributed by atoms with van der Waals surface area (Å²) < 4.78 is 13.8. The van der Waals surface area contributed by atoms with Crippen LogP contribution in [0.3, 0.4) is 0 Å². The molecule has 0 aromatic carbocycles. The Kier molecular flexibility index (Phi) is 4.27. The summed E-state index contributed by atoms with van der Waals surface area (Å²) >= 11 is 5.26. The summed E-state index contributed by atoms with van der Waals surface area (Å²) in [6.45, 7) is 1.45. The third-order valence-corrected chi connectivity index (χ3v) is 1.20. The van der Waals surface area contributed by atoms with Crippen molar-refractivity contribution in [1.29, 1.82) is 0 Å². The van der Waals surface area contributed by atoms with Gasteiger partial charge in [0.1, 0.15) is 0 Å². The molecular formula is C3H7ClO4P+. The van der Waals surface area contributed by atoms with Crippen LogP contribution < -0.4 is 0 Å². The molecule has 0 aliphatic carbocycles. The van der Waals surface area contributed by atoms with E-state index in [-0.39, 0.29) is 0 Å². The molecule has 6 heteroatoms. The lowest BCUT2D eigenvalue weighted by Crippen LogP contribution is -2.17. The van der Waals surface area contributed by atoms with Gasteiger partial charge in [0.2, 0.25) is 6.29 Å². The molecule has 2 N–H and O–H groups in total. The highest BCUT2D eigenvalue weighted by atomic mass is 35.5. The molecule has 0 saturated heterocycles. The van der Waals surface area contributed by atoms with Crippen molar-refractivity contribution in [2.75, 3.05) is 0 Å². The molecule has 3 unspecified atom stereocenters. The van der Waals surface area contributed by atoms with E-state index in [1.807, 2.05) is 0 Å². The van der Waals surface area contributed by atoms with Crippen molar-refractivity contribution >= 4 is 19.9 Å². The molecule has 0 fully saturated rings. The fourth-order valence-electron chi connectivity index (χ4n) is 0.176. The molecule has 0 aromatic heterocycles. The van der Waals surface area contributed by atoms with Crippen LogP contribution in [0.1, 0.15) is 6.92 Å². The summed E-state index contributed by atoms with van der Waals surface area (Å²) in [4.78, 5) is 8.04. The molecule has 3 atom stereocenters. The maximum atomic E-state index is 9.82. The minimum absolute atomic E-state index is 0.684. The van der Waals surface area contributed by atoms with E-state index in [1.165, 1.54) is 6.92 Å². The first-order chi connectivity index (χ1) is 4.04. The van der Waals surface area contributed by atoms with Gasteiger partial charge < -0.3 is 5.11 Å². The summed E-state index contributed by atoms with van der Waals surface area (Å²) in [6, 6.07) is 0. The minimum atomic E-state index is -2.76. The Morgan fingerprint density at radius 1 is 1.78 bits per heavy atom. The van der Waals surface area contributed by atoms with Gasteiger partial charge in [0.25, 0.3) is 0 Å². The number of rotatable bonds is 3. The normalized spacial score (nSPS) is 18.9. The minimum Gasteiger partial charge on any atom is -0.363 e. The molecule has 0 aliphatic rings. The van der Waals surface area contributed by atoms with E-state index in [0.29, 0.717) is 0 Å². The predicted octanol–water partition coefficient (Wildman–Crippen LogP) is 0.598. The van der Waals surface area contributed by atoms with Crippen LogP contribution in [0.25, 0.3) is 0 Å². The van der Waals surface area contributed by atoms with Gasteiger partial charge in [0, 0.05) is 4.57 Å². The number of aliphatic hydroxyl groups excluding tert-OH is 1. The van der Waals surface area contributed by atoms with Gasteiger partial charge in [-0.3, -0.25) is 0 Å². The van der Waals surface area contributed by atoms with Crippen LogP contribution in [0.4, 0.5) is 0 Å². The SMILES string of the molecule is CC(Cl)C(O)O[P+](=O)O. The van der Waals surface area contributed by atoms with Crippen LogP contribution in [0, 0.1) is 0 Å². The van der Waals surface area contributed by atoms with E-state index in [4.69, 9.17) is 21.6 Å². The number of halogens is 1. The summed E-state index contributed by atoms with van der Waals surface area (Å²) in [5.41, 5.74) is 0. The van der Waals surface area contributed by atoms with Crippen LogP contribution in [-0.2, 0) is 9.09 Å². The van der Waals surface area contributed by atoms with E-state index in [2.05, 4.69) is 4.52 Å². The maximum absolute atomic E-state index is 9.82. The Balaban J connectivity index is 3.50. The van der Waals surface area contributed by atoms with Gasteiger partial charge in [-0.1, -0.05) is 4.52 Å². The second-order valence-electron chi connectivity index (χ2n) is 1.41. The van der Waals surface area contributed by atoms with E-state index >= 15 is 0 Å². The Hall–Kier alpha value is 0.270. The second-order valence-corrected chi connectivity index (χ2v) is 2.79. The monoisotopic (exact) mass is 173 g/mol. The van der Waals surface area contributed by atoms with Crippen LogP contribution >= 0.6 is 19.9 Å². The largest absolute Gasteiger partial charge is 0.697 e. The van der Waals surface area contributed by atoms with Crippen LogP contribution in [0.15, 0.2) is 0 Å². The van der Waals surface area contributed by atoms with Gasteiger partial charge in [-0.25, -0.2) is 0 Å². The number of hydrogen-bond acceptors (Lipinski definition) is 3. The lowest BCUT2D eigenvalue weighted by Gasteiger charge is -2.02. The van der Waals surface area contributed by atoms with Gasteiger partial charge >= 0.3 is 8.25 Å². The Morgan fingerprint density at radius 2 is 2.22 bits per heavy atom. The van der Waals surface area contributed by atoms with Gasteiger partial charge in [-0.05, 0) is 6.92 Å². The zero-order valence-electron chi connectivity index (χ0n) is 4.69. The number of aliphatic hydroxyl groups is 1. The number of hydrogen-bond donors (Lipinski definition) is 2. The molecule has 0 spiro atoms. The predicted molar refractivity (Wildman–Crippen MR) is 32.2 cm³/mol. The third-order valence-electron chi connectivity index (χ3n) is 0.591. The van der Waals surface area contributed by atoms with Crippen LogP contribution in [-0.4, -0.2) is 21.7 Å². The van der Waals surface area contributed by atoms with Crippen molar-refractivity contribution in [3.05, 3.63) is 0 Å². The Labute approximate surface area is 58.4 Å². The summed E-state index contributed by atoms with van der Waals surface area (Å²) in [5.74, 6) is 0. The molecule has 0 rings (SSSR count). The fourth-order valence-corrected chi connectivity index (χ4v) is 0.667. The first-order valence-corrected chi connectivity index (χ1v) is 3.75. The van der Waals surface area contributed by atoms with Crippen molar-refractivity contribution in [2.45, 2.75) is 18.6 Å². The summed E-state index contributed by atoms with van der Waals surface area (Å²) in [5, 5.41) is 7.91. The van der Waals surface area contributed by atoms with Gasteiger partial charge in [0.05, 0.1) is 5.38 Å². The molecule has 0 aromatic rings. The van der Waals surface area contributed by atoms with E-state index in [0.717, 1.165) is 0 Å². The third kappa shape index (κ3) is 4.75. The highest BCUT2D eigenvalue weighted by Gasteiger charge is 2.24. The van der Waals surface area contributed by atoms with E-state index in [1.54, 1.807) is 0 Å². The molecule has 0 aliphatic heterocycles. The molecule has 54 valence electrons. The van der Waals surface area contributed by atoms with E-state index < -0.39 is 19.9 Å². The van der Waals surface area contributed by atoms with Crippen molar-refractivity contribution in [1.82, 2.24) is 0 Å². The maximum Gasteiger partial charge on any atom is 0.697 e. The molecule has 0 radical (unpaired) electrons. The zero-order valence-corrected chi connectivity index (χ0v) is 6.34. The van der Waals surface area contributed by atoms with Crippen molar-refractivity contribution in [2.24, 2.45) is 0 Å². The number of alkyl halides is 1. The molecule has 0 amide bonds. The highest BCUT2D eigenvalue weighted by Crippen LogP contribution is 2.19. The Morgan fingerprint density at radius 3 is 2.33 bits per heavy atom. The standard InChI is InChI=1S/C3H6ClO4P/c1-2(4)3(5)8-9(6)7/h2-3,5H,1H3/p+1. The lowest BCUT2D eigenvalue weighted by molar-refractivity contribution is -0.0173.